The molecule has 2 aliphatic rings. The molecule has 0 saturated heterocycles. The van der Waals surface area contributed by atoms with E-state index in [0.29, 0.717) is 13.1 Å². The molecule has 0 unspecified atom stereocenters. The molecule has 0 aromatic carbocycles. The normalized spacial score (nSPS) is 18.5. The molecule has 1 aromatic rings. The summed E-state index contributed by atoms with van der Waals surface area (Å²) in [5, 5.41) is 5.90. The van der Waals surface area contributed by atoms with Gasteiger partial charge in [0.25, 0.3) is 5.91 Å². The highest BCUT2D eigenvalue weighted by Gasteiger charge is 2.20. The summed E-state index contributed by atoms with van der Waals surface area (Å²) >= 11 is 1.64. The van der Waals surface area contributed by atoms with Gasteiger partial charge in [0, 0.05) is 23.9 Å². The summed E-state index contributed by atoms with van der Waals surface area (Å²) in [7, 11) is 0. The summed E-state index contributed by atoms with van der Waals surface area (Å²) in [5.41, 5.74) is 1.37. The zero-order valence-corrected chi connectivity index (χ0v) is 15.2. The van der Waals surface area contributed by atoms with Crippen molar-refractivity contribution in [1.29, 1.82) is 0 Å². The third kappa shape index (κ3) is 4.59. The first-order valence-corrected chi connectivity index (χ1v) is 10.2. The van der Waals surface area contributed by atoms with Gasteiger partial charge in [-0.3, -0.25) is 9.59 Å². The van der Waals surface area contributed by atoms with Gasteiger partial charge < -0.3 is 10.6 Å². The molecule has 2 aliphatic carbocycles. The average molecular weight is 349 g/mol. The Morgan fingerprint density at radius 2 is 1.67 bits per heavy atom. The Morgan fingerprint density at radius 3 is 2.50 bits per heavy atom. The number of carbonyl (C=O) groups is 2. The minimum atomic E-state index is -0.0000103. The third-order valence-electron chi connectivity index (χ3n) is 5.16. The van der Waals surface area contributed by atoms with Crippen LogP contribution < -0.4 is 10.6 Å². The highest BCUT2D eigenvalue weighted by atomic mass is 32.1. The quantitative estimate of drug-likeness (QED) is 0.632. The van der Waals surface area contributed by atoms with E-state index in [9.17, 15) is 9.59 Å². The van der Waals surface area contributed by atoms with Crippen molar-refractivity contribution in [1.82, 2.24) is 10.6 Å². The van der Waals surface area contributed by atoms with Crippen molar-refractivity contribution in [2.75, 3.05) is 13.1 Å². The standard InChI is InChI=1S/C19H28N2O2S/c22-18(14-7-3-1-4-8-14)20-11-12-21-19(23)17-13-15-9-5-2-6-10-16(15)24-17/h13-14H,1-12H2,(H,20,22)(H,21,23). The molecule has 1 fully saturated rings. The zero-order chi connectivity index (χ0) is 16.8. The maximum atomic E-state index is 12.3. The Kier molecular flexibility index (Phi) is 6.30. The summed E-state index contributed by atoms with van der Waals surface area (Å²) in [6.45, 7) is 1.02. The largest absolute Gasteiger partial charge is 0.354 e. The van der Waals surface area contributed by atoms with E-state index < -0.39 is 0 Å². The van der Waals surface area contributed by atoms with E-state index in [-0.39, 0.29) is 17.7 Å². The number of hydrogen-bond acceptors (Lipinski definition) is 3. The van der Waals surface area contributed by atoms with Crippen molar-refractivity contribution in [3.63, 3.8) is 0 Å². The maximum Gasteiger partial charge on any atom is 0.261 e. The highest BCUT2D eigenvalue weighted by Crippen LogP contribution is 2.28. The van der Waals surface area contributed by atoms with Crippen LogP contribution in [0.2, 0.25) is 0 Å². The van der Waals surface area contributed by atoms with Gasteiger partial charge >= 0.3 is 0 Å². The molecule has 3 rings (SSSR count). The van der Waals surface area contributed by atoms with Crippen LogP contribution in [-0.2, 0) is 17.6 Å². The summed E-state index contributed by atoms with van der Waals surface area (Å²) in [4.78, 5) is 26.5. The van der Waals surface area contributed by atoms with Crippen molar-refractivity contribution in [2.45, 2.75) is 64.2 Å². The summed E-state index contributed by atoms with van der Waals surface area (Å²) in [6, 6.07) is 2.07. The van der Waals surface area contributed by atoms with Gasteiger partial charge in [0.15, 0.2) is 0 Å². The molecule has 132 valence electrons. The minimum absolute atomic E-state index is 0.0000103. The first-order valence-electron chi connectivity index (χ1n) is 9.41. The van der Waals surface area contributed by atoms with Crippen LogP contribution in [0.15, 0.2) is 6.07 Å². The second kappa shape index (κ2) is 8.65. The topological polar surface area (TPSA) is 58.2 Å². The number of carbonyl (C=O) groups excluding carboxylic acids is 2. The summed E-state index contributed by atoms with van der Waals surface area (Å²) < 4.78 is 0. The summed E-state index contributed by atoms with van der Waals surface area (Å²) in [6.07, 6.45) is 11.6. The van der Waals surface area contributed by atoms with Crippen molar-refractivity contribution < 1.29 is 9.59 Å². The molecular weight excluding hydrogens is 320 g/mol. The molecule has 0 spiro atoms. The lowest BCUT2D eigenvalue weighted by molar-refractivity contribution is -0.125. The Labute approximate surface area is 148 Å². The van der Waals surface area contributed by atoms with Gasteiger partial charge in [-0.05, 0) is 50.2 Å². The van der Waals surface area contributed by atoms with Gasteiger partial charge in [0.05, 0.1) is 4.88 Å². The zero-order valence-electron chi connectivity index (χ0n) is 14.4. The van der Waals surface area contributed by atoms with E-state index in [1.807, 2.05) is 0 Å². The van der Waals surface area contributed by atoms with E-state index in [2.05, 4.69) is 16.7 Å². The van der Waals surface area contributed by atoms with Crippen LogP contribution in [0.4, 0.5) is 0 Å². The predicted molar refractivity (Wildman–Crippen MR) is 97.5 cm³/mol. The van der Waals surface area contributed by atoms with Gasteiger partial charge in [0.2, 0.25) is 5.91 Å². The molecule has 1 aromatic heterocycles. The van der Waals surface area contributed by atoms with Crippen molar-refractivity contribution in [2.24, 2.45) is 5.92 Å². The monoisotopic (exact) mass is 348 g/mol. The molecule has 0 radical (unpaired) electrons. The fourth-order valence-electron chi connectivity index (χ4n) is 3.74. The molecule has 2 amide bonds. The van der Waals surface area contributed by atoms with E-state index in [1.54, 1.807) is 11.3 Å². The fraction of sp³-hybridized carbons (Fsp3) is 0.684. The summed E-state index contributed by atoms with van der Waals surface area (Å²) in [5.74, 6) is 0.342. The fourth-order valence-corrected chi connectivity index (χ4v) is 4.91. The first kappa shape index (κ1) is 17.5. The number of aryl methyl sites for hydroxylation is 2. The lowest BCUT2D eigenvalue weighted by Crippen LogP contribution is -2.38. The first-order chi connectivity index (χ1) is 11.7. The third-order valence-corrected chi connectivity index (χ3v) is 6.39. The Bertz CT molecular complexity index is 552. The SMILES string of the molecule is O=C(NCCNC(=O)C1CCCCC1)c1cc2c(s1)CCCCC2. The molecule has 0 bridgehead atoms. The van der Waals surface area contributed by atoms with E-state index in [1.165, 1.54) is 36.1 Å². The lowest BCUT2D eigenvalue weighted by atomic mass is 9.89. The molecule has 0 aliphatic heterocycles. The second-order valence-electron chi connectivity index (χ2n) is 7.00. The van der Waals surface area contributed by atoms with Crippen LogP contribution in [0.3, 0.4) is 0 Å². The van der Waals surface area contributed by atoms with E-state index in [4.69, 9.17) is 0 Å². The van der Waals surface area contributed by atoms with Crippen molar-refractivity contribution in [3.05, 3.63) is 21.4 Å². The smallest absolute Gasteiger partial charge is 0.261 e. The number of amides is 2. The minimum Gasteiger partial charge on any atom is -0.354 e. The van der Waals surface area contributed by atoms with Crippen LogP contribution in [0.5, 0.6) is 0 Å². The van der Waals surface area contributed by atoms with Gasteiger partial charge in [-0.2, -0.15) is 0 Å². The van der Waals surface area contributed by atoms with Crippen LogP contribution in [0, 0.1) is 5.92 Å². The average Bonchev–Trinajstić information content (AvgIpc) is 2.90. The van der Waals surface area contributed by atoms with E-state index >= 15 is 0 Å². The molecular formula is C19H28N2O2S. The number of fused-ring (bicyclic) bond motifs is 1. The Morgan fingerprint density at radius 1 is 0.958 bits per heavy atom. The lowest BCUT2D eigenvalue weighted by Gasteiger charge is -2.20. The maximum absolute atomic E-state index is 12.3. The van der Waals surface area contributed by atoms with Gasteiger partial charge in [-0.25, -0.2) is 0 Å². The van der Waals surface area contributed by atoms with Crippen molar-refractivity contribution in [3.8, 4) is 0 Å². The van der Waals surface area contributed by atoms with Crippen LogP contribution in [0.25, 0.3) is 0 Å². The second-order valence-corrected chi connectivity index (χ2v) is 8.14. The van der Waals surface area contributed by atoms with Gasteiger partial charge in [0.1, 0.15) is 0 Å². The number of thiophene rings is 1. The number of nitrogens with one attached hydrogen (secondary N) is 2. The predicted octanol–water partition coefficient (Wildman–Crippen LogP) is 3.44. The number of hydrogen-bond donors (Lipinski definition) is 2. The molecule has 5 heteroatoms. The van der Waals surface area contributed by atoms with Crippen LogP contribution >= 0.6 is 11.3 Å². The molecule has 1 heterocycles. The van der Waals surface area contributed by atoms with Crippen LogP contribution in [-0.4, -0.2) is 24.9 Å². The molecule has 24 heavy (non-hydrogen) atoms. The molecule has 1 saturated carbocycles. The Balaban J connectivity index is 1.40. The van der Waals surface area contributed by atoms with Gasteiger partial charge in [-0.15, -0.1) is 11.3 Å². The Hall–Kier alpha value is -1.36. The van der Waals surface area contributed by atoms with Crippen LogP contribution in [0.1, 0.15) is 71.5 Å². The number of rotatable bonds is 5. The van der Waals surface area contributed by atoms with Crippen molar-refractivity contribution >= 4 is 23.2 Å². The molecule has 2 N–H and O–H groups in total. The van der Waals surface area contributed by atoms with E-state index in [0.717, 1.165) is 43.4 Å². The van der Waals surface area contributed by atoms with Gasteiger partial charge in [-0.1, -0.05) is 25.7 Å². The molecule has 4 nitrogen and oxygen atoms in total. The highest BCUT2D eigenvalue weighted by molar-refractivity contribution is 7.14. The molecule has 0 atom stereocenters.